The van der Waals surface area contributed by atoms with Gasteiger partial charge in [0.25, 0.3) is 5.91 Å². The molecule has 2 N–H and O–H groups in total. The maximum absolute atomic E-state index is 14.0. The van der Waals surface area contributed by atoms with E-state index in [0.29, 0.717) is 16.0 Å². The minimum atomic E-state index is -4.64. The van der Waals surface area contributed by atoms with Gasteiger partial charge in [-0.3, -0.25) is 4.79 Å². The average molecular weight is 545 g/mol. The van der Waals surface area contributed by atoms with E-state index in [1.807, 2.05) is 0 Å². The van der Waals surface area contributed by atoms with Gasteiger partial charge >= 0.3 is 6.18 Å². The van der Waals surface area contributed by atoms with Crippen molar-refractivity contribution in [2.45, 2.75) is 24.7 Å². The molecule has 0 saturated carbocycles. The number of amides is 1. The van der Waals surface area contributed by atoms with Crippen LogP contribution < -0.4 is 24.8 Å². The Labute approximate surface area is 214 Å². The van der Waals surface area contributed by atoms with Gasteiger partial charge in [-0.25, -0.2) is 4.68 Å². The lowest BCUT2D eigenvalue weighted by molar-refractivity contribution is -0.173. The molecule has 1 aromatic heterocycles. The van der Waals surface area contributed by atoms with Gasteiger partial charge in [0.05, 0.1) is 38.1 Å². The van der Waals surface area contributed by atoms with Gasteiger partial charge in [-0.15, -0.1) is 0 Å². The predicted octanol–water partition coefficient (Wildman–Crippen LogP) is 6.13. The van der Waals surface area contributed by atoms with Gasteiger partial charge in [-0.05, 0) is 17.7 Å². The molecule has 4 rings (SSSR count). The SMILES string of the molecule is COc1ccc(C2CC(C(F)(F)F)n3nc(C(=O)Nc4cc(OC)c(Cl)cc4OC)c(Cl)c3N2)cc1. The Hall–Kier alpha value is -3.31. The Morgan fingerprint density at radius 1 is 1.08 bits per heavy atom. The highest BCUT2D eigenvalue weighted by molar-refractivity contribution is 6.36. The number of anilines is 2. The molecule has 0 aliphatic carbocycles. The van der Waals surface area contributed by atoms with Crippen LogP contribution in [0.5, 0.6) is 17.2 Å². The molecule has 8 nitrogen and oxygen atoms in total. The normalized spacial score (nSPS) is 17.1. The summed E-state index contributed by atoms with van der Waals surface area (Å²) in [4.78, 5) is 13.1. The third-order valence-electron chi connectivity index (χ3n) is 5.75. The summed E-state index contributed by atoms with van der Waals surface area (Å²) in [6.07, 6.45) is -5.00. The Balaban J connectivity index is 1.70. The molecule has 0 fully saturated rings. The highest BCUT2D eigenvalue weighted by Gasteiger charge is 2.48. The summed E-state index contributed by atoms with van der Waals surface area (Å²) >= 11 is 12.5. The number of ether oxygens (including phenoxy) is 3. The second kappa shape index (κ2) is 9.98. The fourth-order valence-corrected chi connectivity index (χ4v) is 4.42. The van der Waals surface area contributed by atoms with Crippen molar-refractivity contribution in [1.29, 1.82) is 0 Å². The number of carbonyl (C=O) groups is 1. The van der Waals surface area contributed by atoms with Crippen LogP contribution >= 0.6 is 23.2 Å². The quantitative estimate of drug-likeness (QED) is 0.388. The third-order valence-corrected chi connectivity index (χ3v) is 6.40. The second-order valence-electron chi connectivity index (χ2n) is 7.86. The average Bonchev–Trinajstić information content (AvgIpc) is 3.20. The summed E-state index contributed by atoms with van der Waals surface area (Å²) in [6.45, 7) is 0. The van der Waals surface area contributed by atoms with Gasteiger partial charge < -0.3 is 24.8 Å². The predicted molar refractivity (Wildman–Crippen MR) is 129 cm³/mol. The zero-order valence-corrected chi connectivity index (χ0v) is 20.8. The number of nitrogens with one attached hydrogen (secondary N) is 2. The van der Waals surface area contributed by atoms with E-state index in [2.05, 4.69) is 15.7 Å². The maximum Gasteiger partial charge on any atom is 0.410 e. The molecule has 0 spiro atoms. The van der Waals surface area contributed by atoms with Gasteiger partial charge in [-0.2, -0.15) is 18.3 Å². The maximum atomic E-state index is 14.0. The van der Waals surface area contributed by atoms with E-state index in [9.17, 15) is 18.0 Å². The summed E-state index contributed by atoms with van der Waals surface area (Å²) in [5.41, 5.74) is 0.375. The molecule has 2 heterocycles. The van der Waals surface area contributed by atoms with Crippen molar-refractivity contribution in [3.8, 4) is 17.2 Å². The van der Waals surface area contributed by atoms with E-state index >= 15 is 0 Å². The summed E-state index contributed by atoms with van der Waals surface area (Å²) < 4.78 is 58.3. The first-order valence-corrected chi connectivity index (χ1v) is 11.3. The van der Waals surface area contributed by atoms with Crippen molar-refractivity contribution in [2.75, 3.05) is 32.0 Å². The summed E-state index contributed by atoms with van der Waals surface area (Å²) in [5.74, 6) is 0.0765. The highest BCUT2D eigenvalue weighted by atomic mass is 35.5. The second-order valence-corrected chi connectivity index (χ2v) is 8.65. The molecular weight excluding hydrogens is 524 g/mol. The number of hydrogen-bond donors (Lipinski definition) is 2. The summed E-state index contributed by atoms with van der Waals surface area (Å²) in [5, 5.41) is 9.47. The first-order valence-electron chi connectivity index (χ1n) is 10.6. The molecule has 0 bridgehead atoms. The van der Waals surface area contributed by atoms with Crippen LogP contribution in [0.4, 0.5) is 24.7 Å². The van der Waals surface area contributed by atoms with Crippen molar-refractivity contribution in [1.82, 2.24) is 9.78 Å². The molecule has 36 heavy (non-hydrogen) atoms. The standard InChI is InChI=1S/C23H21Cl2F3N4O4/c1-34-12-6-4-11(5-7-12)14-10-18(23(26,27)28)32-21(29-14)19(25)20(31-32)22(33)30-15-9-16(35-2)13(24)8-17(15)36-3/h4-9,14,18,29H,10H2,1-3H3,(H,30,33). The lowest BCUT2D eigenvalue weighted by atomic mass is 9.97. The first kappa shape index (κ1) is 25.8. The molecule has 0 radical (unpaired) electrons. The summed E-state index contributed by atoms with van der Waals surface area (Å²) in [6, 6.07) is 6.73. The highest BCUT2D eigenvalue weighted by Crippen LogP contribution is 2.46. The molecule has 2 aromatic carbocycles. The Morgan fingerprint density at radius 2 is 1.75 bits per heavy atom. The molecule has 13 heteroatoms. The van der Waals surface area contributed by atoms with Gasteiger partial charge in [0.1, 0.15) is 28.1 Å². The number of benzene rings is 2. The van der Waals surface area contributed by atoms with Gasteiger partial charge in [0, 0.05) is 18.6 Å². The van der Waals surface area contributed by atoms with Crippen molar-refractivity contribution in [3.05, 3.63) is 57.7 Å². The van der Waals surface area contributed by atoms with Crippen LogP contribution in [0, 0.1) is 0 Å². The smallest absolute Gasteiger partial charge is 0.410 e. The van der Waals surface area contributed by atoms with Crippen LogP contribution in [0.25, 0.3) is 0 Å². The zero-order valence-electron chi connectivity index (χ0n) is 19.2. The molecule has 1 amide bonds. The number of halogens is 5. The van der Waals surface area contributed by atoms with E-state index in [0.717, 1.165) is 0 Å². The van der Waals surface area contributed by atoms with Crippen LogP contribution in [0.1, 0.15) is 34.6 Å². The third kappa shape index (κ3) is 4.85. The molecule has 192 valence electrons. The summed E-state index contributed by atoms with van der Waals surface area (Å²) in [7, 11) is 4.25. The van der Waals surface area contributed by atoms with E-state index in [1.54, 1.807) is 24.3 Å². The van der Waals surface area contributed by atoms with Crippen molar-refractivity contribution < 1.29 is 32.2 Å². The first-order chi connectivity index (χ1) is 17.1. The number of aromatic nitrogens is 2. The number of carbonyl (C=O) groups excluding carboxylic acids is 1. The molecule has 2 unspecified atom stereocenters. The largest absolute Gasteiger partial charge is 0.497 e. The topological polar surface area (TPSA) is 86.6 Å². The lowest BCUT2D eigenvalue weighted by Crippen LogP contribution is -2.35. The molecule has 2 atom stereocenters. The number of methoxy groups -OCH3 is 3. The van der Waals surface area contributed by atoms with Crippen LogP contribution in [-0.4, -0.2) is 43.2 Å². The minimum absolute atomic E-state index is 0.114. The van der Waals surface area contributed by atoms with E-state index in [4.69, 9.17) is 37.4 Å². The van der Waals surface area contributed by atoms with Crippen molar-refractivity contribution in [3.63, 3.8) is 0 Å². The van der Waals surface area contributed by atoms with E-state index in [-0.39, 0.29) is 45.2 Å². The number of nitrogens with zero attached hydrogens (tertiary/aromatic N) is 2. The van der Waals surface area contributed by atoms with Crippen LogP contribution in [0.3, 0.4) is 0 Å². The Bertz CT molecular complexity index is 1280. The zero-order chi connectivity index (χ0) is 26.2. The fraction of sp³-hybridized carbons (Fsp3) is 0.304. The Kier molecular flexibility index (Phi) is 7.14. The number of rotatable bonds is 6. The number of hydrogen-bond acceptors (Lipinski definition) is 6. The molecule has 3 aromatic rings. The number of alkyl halides is 3. The number of fused-ring (bicyclic) bond motifs is 1. The van der Waals surface area contributed by atoms with Crippen molar-refractivity contribution in [2.24, 2.45) is 0 Å². The fourth-order valence-electron chi connectivity index (χ4n) is 3.93. The van der Waals surface area contributed by atoms with Crippen LogP contribution in [0.15, 0.2) is 36.4 Å². The van der Waals surface area contributed by atoms with Gasteiger partial charge in [-0.1, -0.05) is 35.3 Å². The van der Waals surface area contributed by atoms with E-state index < -0.39 is 24.2 Å². The van der Waals surface area contributed by atoms with E-state index in [1.165, 1.54) is 33.5 Å². The lowest BCUT2D eigenvalue weighted by Gasteiger charge is -2.33. The van der Waals surface area contributed by atoms with Crippen molar-refractivity contribution >= 4 is 40.6 Å². The molecule has 1 aliphatic rings. The minimum Gasteiger partial charge on any atom is -0.497 e. The molecule has 1 aliphatic heterocycles. The van der Waals surface area contributed by atoms with Crippen LogP contribution in [0.2, 0.25) is 10.0 Å². The van der Waals surface area contributed by atoms with Crippen LogP contribution in [-0.2, 0) is 0 Å². The Morgan fingerprint density at radius 3 is 2.33 bits per heavy atom. The molecular formula is C23H21Cl2F3N4O4. The monoisotopic (exact) mass is 544 g/mol. The van der Waals surface area contributed by atoms with Gasteiger partial charge in [0.2, 0.25) is 0 Å². The molecule has 0 saturated heterocycles. The van der Waals surface area contributed by atoms with Gasteiger partial charge in [0.15, 0.2) is 11.7 Å².